The van der Waals surface area contributed by atoms with Crippen molar-refractivity contribution in [3.63, 3.8) is 0 Å². The van der Waals surface area contributed by atoms with Crippen molar-refractivity contribution in [3.05, 3.63) is 0 Å². The number of carbonyl (C=O) groups is 1. The molecule has 3 N–H and O–H groups in total. The van der Waals surface area contributed by atoms with Crippen LogP contribution in [0.5, 0.6) is 0 Å². The predicted octanol–water partition coefficient (Wildman–Crippen LogP) is 1.03. The molecule has 0 spiro atoms. The van der Waals surface area contributed by atoms with E-state index in [1.807, 2.05) is 0 Å². The van der Waals surface area contributed by atoms with Gasteiger partial charge in [0, 0.05) is 26.9 Å². The molecule has 6 nitrogen and oxygen atoms in total. The smallest absolute Gasteiger partial charge is 0.323 e. The van der Waals surface area contributed by atoms with Gasteiger partial charge in [-0.15, -0.1) is 0 Å². The minimum atomic E-state index is -1.12. The Morgan fingerprint density at radius 3 is 2.21 bits per heavy atom. The van der Waals surface area contributed by atoms with Crippen LogP contribution in [0.4, 0.5) is 0 Å². The highest BCUT2D eigenvalue weighted by molar-refractivity contribution is 5.78. The van der Waals surface area contributed by atoms with E-state index < -0.39 is 11.5 Å². The first-order valence-corrected chi connectivity index (χ1v) is 6.73. The van der Waals surface area contributed by atoms with Crippen LogP contribution in [0, 0.1) is 0 Å². The number of rotatable bonds is 13. The Balaban J connectivity index is 3.38. The summed E-state index contributed by atoms with van der Waals surface area (Å²) < 4.78 is 15.5. The number of aliphatic carboxylic acids is 1. The lowest BCUT2D eigenvalue weighted by Gasteiger charge is -2.22. The van der Waals surface area contributed by atoms with E-state index in [0.717, 1.165) is 6.42 Å². The average molecular weight is 277 g/mol. The Morgan fingerprint density at radius 1 is 1.11 bits per heavy atom. The average Bonchev–Trinajstić information content (AvgIpc) is 2.40. The van der Waals surface area contributed by atoms with Crippen LogP contribution in [-0.4, -0.2) is 56.8 Å². The molecule has 0 rings (SSSR count). The summed E-state index contributed by atoms with van der Waals surface area (Å²) in [5.74, 6) is -0.943. The Kier molecular flexibility index (Phi) is 10.8. The second-order valence-corrected chi connectivity index (χ2v) is 4.49. The maximum absolute atomic E-state index is 11.0. The molecule has 0 radical (unpaired) electrons. The van der Waals surface area contributed by atoms with Gasteiger partial charge in [-0.3, -0.25) is 4.79 Å². The lowest BCUT2D eigenvalue weighted by atomic mass is 9.92. The van der Waals surface area contributed by atoms with Gasteiger partial charge in [0.1, 0.15) is 5.54 Å². The van der Waals surface area contributed by atoms with Crippen molar-refractivity contribution in [2.24, 2.45) is 5.73 Å². The highest BCUT2D eigenvalue weighted by Crippen LogP contribution is 2.14. The monoisotopic (exact) mass is 277 g/mol. The third-order valence-corrected chi connectivity index (χ3v) is 2.98. The predicted molar refractivity (Wildman–Crippen MR) is 72.2 cm³/mol. The molecule has 0 saturated carbocycles. The fraction of sp³-hybridized carbons (Fsp3) is 0.923. The van der Waals surface area contributed by atoms with Gasteiger partial charge in [0.15, 0.2) is 0 Å². The molecule has 0 aliphatic heterocycles. The van der Waals surface area contributed by atoms with Gasteiger partial charge >= 0.3 is 5.97 Å². The van der Waals surface area contributed by atoms with Gasteiger partial charge in [0.25, 0.3) is 0 Å². The van der Waals surface area contributed by atoms with E-state index in [2.05, 4.69) is 0 Å². The first-order valence-electron chi connectivity index (χ1n) is 6.73. The van der Waals surface area contributed by atoms with Crippen LogP contribution in [0.1, 0.15) is 32.6 Å². The third-order valence-electron chi connectivity index (χ3n) is 2.98. The highest BCUT2D eigenvalue weighted by atomic mass is 16.5. The normalized spacial score (nSPS) is 14.3. The summed E-state index contributed by atoms with van der Waals surface area (Å²) in [4.78, 5) is 11.0. The molecule has 0 aliphatic carbocycles. The van der Waals surface area contributed by atoms with Crippen LogP contribution in [0.2, 0.25) is 0 Å². The van der Waals surface area contributed by atoms with Crippen molar-refractivity contribution in [2.75, 3.05) is 40.1 Å². The van der Waals surface area contributed by atoms with Gasteiger partial charge < -0.3 is 25.1 Å². The summed E-state index contributed by atoms with van der Waals surface area (Å²) in [5.41, 5.74) is 4.64. The Labute approximate surface area is 115 Å². The lowest BCUT2D eigenvalue weighted by molar-refractivity contribution is -0.143. The number of ether oxygens (including phenoxy) is 3. The molecule has 0 aromatic heterocycles. The summed E-state index contributed by atoms with van der Waals surface area (Å²) in [6, 6.07) is 0. The van der Waals surface area contributed by atoms with Crippen molar-refractivity contribution < 1.29 is 24.1 Å². The van der Waals surface area contributed by atoms with Crippen LogP contribution in [0.15, 0.2) is 0 Å². The van der Waals surface area contributed by atoms with E-state index in [-0.39, 0.29) is 0 Å². The molecule has 0 fully saturated rings. The molecule has 0 aliphatic rings. The zero-order valence-electron chi connectivity index (χ0n) is 12.0. The van der Waals surface area contributed by atoms with Crippen molar-refractivity contribution in [3.8, 4) is 0 Å². The quantitative estimate of drug-likeness (QED) is 0.489. The molecule has 0 aromatic rings. The van der Waals surface area contributed by atoms with E-state index in [9.17, 15) is 4.79 Å². The topological polar surface area (TPSA) is 91.0 Å². The molecule has 0 aromatic carbocycles. The zero-order valence-corrected chi connectivity index (χ0v) is 12.0. The lowest BCUT2D eigenvalue weighted by Crippen LogP contribution is -2.47. The fourth-order valence-electron chi connectivity index (χ4n) is 1.53. The van der Waals surface area contributed by atoms with Crippen LogP contribution in [0.3, 0.4) is 0 Å². The number of carboxylic acid groups (broad SMARTS) is 1. The number of hydrogen-bond donors (Lipinski definition) is 2. The van der Waals surface area contributed by atoms with Gasteiger partial charge in [0.05, 0.1) is 13.2 Å². The number of hydrogen-bond acceptors (Lipinski definition) is 5. The van der Waals surface area contributed by atoms with Crippen LogP contribution in [-0.2, 0) is 19.0 Å². The second-order valence-electron chi connectivity index (χ2n) is 4.49. The molecule has 1 unspecified atom stereocenters. The minimum absolute atomic E-state index is 0.426. The maximum Gasteiger partial charge on any atom is 0.323 e. The standard InChI is InChI=1S/C13H27NO5/c1-3-13(14,12(15)16)6-4-7-18-8-5-9-19-11-10-17-2/h3-11,14H2,1-2H3,(H,15,16). The van der Waals surface area contributed by atoms with Crippen molar-refractivity contribution in [2.45, 2.75) is 38.1 Å². The van der Waals surface area contributed by atoms with Crippen LogP contribution < -0.4 is 5.73 Å². The molecule has 6 heteroatoms. The molecule has 0 heterocycles. The van der Waals surface area contributed by atoms with E-state index in [1.54, 1.807) is 14.0 Å². The van der Waals surface area contributed by atoms with Crippen LogP contribution in [0.25, 0.3) is 0 Å². The van der Waals surface area contributed by atoms with Gasteiger partial charge in [-0.05, 0) is 25.7 Å². The molecular formula is C13H27NO5. The van der Waals surface area contributed by atoms with Gasteiger partial charge in [-0.2, -0.15) is 0 Å². The molecule has 19 heavy (non-hydrogen) atoms. The first kappa shape index (κ1) is 18.3. The van der Waals surface area contributed by atoms with E-state index >= 15 is 0 Å². The van der Waals surface area contributed by atoms with Gasteiger partial charge in [-0.25, -0.2) is 0 Å². The molecular weight excluding hydrogens is 250 g/mol. The van der Waals surface area contributed by atoms with Gasteiger partial charge in [0.2, 0.25) is 0 Å². The third kappa shape index (κ3) is 8.93. The first-order chi connectivity index (χ1) is 9.06. The van der Waals surface area contributed by atoms with Crippen molar-refractivity contribution >= 4 is 5.97 Å². The molecule has 0 saturated heterocycles. The maximum atomic E-state index is 11.0. The number of nitrogens with two attached hydrogens (primary N) is 1. The Hall–Kier alpha value is -0.690. The molecule has 114 valence electrons. The molecule has 0 amide bonds. The number of carboxylic acids is 1. The van der Waals surface area contributed by atoms with E-state index in [1.165, 1.54) is 0 Å². The largest absolute Gasteiger partial charge is 0.480 e. The van der Waals surface area contributed by atoms with Gasteiger partial charge in [-0.1, -0.05) is 6.92 Å². The zero-order chi connectivity index (χ0) is 14.6. The van der Waals surface area contributed by atoms with Crippen molar-refractivity contribution in [1.29, 1.82) is 0 Å². The van der Waals surface area contributed by atoms with Crippen LogP contribution >= 0.6 is 0 Å². The number of methoxy groups -OCH3 is 1. The highest BCUT2D eigenvalue weighted by Gasteiger charge is 2.30. The fourth-order valence-corrected chi connectivity index (χ4v) is 1.53. The summed E-state index contributed by atoms with van der Waals surface area (Å²) in [7, 11) is 1.64. The Morgan fingerprint density at radius 2 is 1.68 bits per heavy atom. The summed E-state index contributed by atoms with van der Waals surface area (Å²) in [6.07, 6.45) is 2.34. The van der Waals surface area contributed by atoms with Crippen molar-refractivity contribution in [1.82, 2.24) is 0 Å². The summed E-state index contributed by atoms with van der Waals surface area (Å²) in [5, 5.41) is 8.98. The van der Waals surface area contributed by atoms with E-state index in [0.29, 0.717) is 52.3 Å². The molecule has 1 atom stereocenters. The molecule has 0 bridgehead atoms. The summed E-state index contributed by atoms with van der Waals surface area (Å²) in [6.45, 7) is 4.78. The Bertz CT molecular complexity index is 237. The second kappa shape index (κ2) is 11.2. The summed E-state index contributed by atoms with van der Waals surface area (Å²) >= 11 is 0. The minimum Gasteiger partial charge on any atom is -0.480 e. The van der Waals surface area contributed by atoms with E-state index in [4.69, 9.17) is 25.1 Å². The SMILES string of the molecule is CCC(N)(CCCOCCCOCCOC)C(=O)O.